The van der Waals surface area contributed by atoms with Crippen molar-refractivity contribution in [3.05, 3.63) is 16.1 Å². The fourth-order valence-corrected chi connectivity index (χ4v) is 1.87. The van der Waals surface area contributed by atoms with Gasteiger partial charge in [-0.15, -0.1) is 11.3 Å². The van der Waals surface area contributed by atoms with Crippen molar-refractivity contribution in [1.82, 2.24) is 15.6 Å². The minimum Gasteiger partial charge on any atom is -0.346 e. The van der Waals surface area contributed by atoms with Gasteiger partial charge in [-0.2, -0.15) is 0 Å². The number of nitrogens with one attached hydrogen (secondary N) is 2. The third-order valence-corrected chi connectivity index (χ3v) is 3.00. The van der Waals surface area contributed by atoms with E-state index in [1.807, 2.05) is 6.92 Å². The molecule has 1 aromatic heterocycles. The van der Waals surface area contributed by atoms with Gasteiger partial charge in [0.25, 0.3) is 5.91 Å². The summed E-state index contributed by atoms with van der Waals surface area (Å²) in [6.45, 7) is 3.61. The lowest BCUT2D eigenvalue weighted by Gasteiger charge is -2.27. The van der Waals surface area contributed by atoms with Crippen molar-refractivity contribution in [2.24, 2.45) is 0 Å². The second kappa shape index (κ2) is 3.43. The molecule has 0 saturated carbocycles. The number of rotatable bonds is 2. The predicted molar refractivity (Wildman–Crippen MR) is 51.0 cm³/mol. The zero-order valence-corrected chi connectivity index (χ0v) is 8.15. The molecule has 2 rings (SSSR count). The van der Waals surface area contributed by atoms with E-state index in [1.54, 1.807) is 5.51 Å². The Bertz CT molecular complexity index is 319. The number of aromatic nitrogens is 1. The van der Waals surface area contributed by atoms with Crippen molar-refractivity contribution in [1.29, 1.82) is 0 Å². The van der Waals surface area contributed by atoms with Crippen molar-refractivity contribution in [3.8, 4) is 0 Å². The molecule has 0 radical (unpaired) electrons. The minimum atomic E-state index is 0.00602. The van der Waals surface area contributed by atoms with Crippen LogP contribution in [0.3, 0.4) is 0 Å². The Morgan fingerprint density at radius 3 is 3.00 bits per heavy atom. The Balaban J connectivity index is 2.00. The standard InChI is InChI=1S/C8H11N3OS/c1-5-7(13-4-10-5)8(12)11-6-2-9-3-6/h4,6,9H,2-3H2,1H3,(H,11,12). The molecule has 0 spiro atoms. The molecule has 2 heterocycles. The normalized spacial score (nSPS) is 16.7. The van der Waals surface area contributed by atoms with Gasteiger partial charge >= 0.3 is 0 Å². The molecule has 13 heavy (non-hydrogen) atoms. The highest BCUT2D eigenvalue weighted by Gasteiger charge is 2.21. The van der Waals surface area contributed by atoms with E-state index in [1.165, 1.54) is 11.3 Å². The van der Waals surface area contributed by atoms with Crippen LogP contribution >= 0.6 is 11.3 Å². The summed E-state index contributed by atoms with van der Waals surface area (Å²) in [5.74, 6) is 0.00602. The van der Waals surface area contributed by atoms with E-state index < -0.39 is 0 Å². The van der Waals surface area contributed by atoms with Crippen LogP contribution < -0.4 is 10.6 Å². The number of carbonyl (C=O) groups is 1. The van der Waals surface area contributed by atoms with Gasteiger partial charge in [0.05, 0.1) is 17.2 Å². The van der Waals surface area contributed by atoms with Crippen LogP contribution in [0.4, 0.5) is 0 Å². The van der Waals surface area contributed by atoms with Gasteiger partial charge < -0.3 is 10.6 Å². The van der Waals surface area contributed by atoms with E-state index in [4.69, 9.17) is 0 Å². The summed E-state index contributed by atoms with van der Waals surface area (Å²) in [4.78, 5) is 16.3. The second-order valence-corrected chi connectivity index (χ2v) is 3.95. The van der Waals surface area contributed by atoms with Gasteiger partial charge in [0.15, 0.2) is 0 Å². The molecule has 5 heteroatoms. The zero-order valence-electron chi connectivity index (χ0n) is 7.33. The van der Waals surface area contributed by atoms with E-state index >= 15 is 0 Å². The summed E-state index contributed by atoms with van der Waals surface area (Å²) < 4.78 is 0. The van der Waals surface area contributed by atoms with Crippen LogP contribution in [0.25, 0.3) is 0 Å². The number of amides is 1. The zero-order chi connectivity index (χ0) is 9.26. The molecule has 1 amide bonds. The van der Waals surface area contributed by atoms with Crippen LogP contribution in [0.15, 0.2) is 5.51 Å². The van der Waals surface area contributed by atoms with Crippen LogP contribution in [0.5, 0.6) is 0 Å². The predicted octanol–water partition coefficient (Wildman–Crippen LogP) is 0.153. The summed E-state index contributed by atoms with van der Waals surface area (Å²) in [7, 11) is 0. The number of hydrogen-bond acceptors (Lipinski definition) is 4. The van der Waals surface area contributed by atoms with Crippen molar-refractivity contribution < 1.29 is 4.79 Å². The fourth-order valence-electron chi connectivity index (χ4n) is 1.16. The van der Waals surface area contributed by atoms with Crippen molar-refractivity contribution >= 4 is 17.2 Å². The van der Waals surface area contributed by atoms with E-state index in [0.29, 0.717) is 6.04 Å². The minimum absolute atomic E-state index is 0.00602. The average Bonchev–Trinajstić information content (AvgIpc) is 2.43. The lowest BCUT2D eigenvalue weighted by atomic mass is 10.2. The van der Waals surface area contributed by atoms with Gasteiger partial charge in [-0.05, 0) is 6.92 Å². The lowest BCUT2D eigenvalue weighted by molar-refractivity contribution is 0.0927. The Labute approximate surface area is 80.4 Å². The van der Waals surface area contributed by atoms with Gasteiger partial charge in [0, 0.05) is 13.1 Å². The summed E-state index contributed by atoms with van der Waals surface area (Å²) >= 11 is 1.39. The van der Waals surface area contributed by atoms with Crippen LogP contribution in [-0.4, -0.2) is 30.0 Å². The molecule has 1 saturated heterocycles. The summed E-state index contributed by atoms with van der Waals surface area (Å²) in [5.41, 5.74) is 2.51. The smallest absolute Gasteiger partial charge is 0.263 e. The van der Waals surface area contributed by atoms with Gasteiger partial charge in [-0.3, -0.25) is 4.79 Å². The fraction of sp³-hybridized carbons (Fsp3) is 0.500. The second-order valence-electron chi connectivity index (χ2n) is 3.10. The van der Waals surface area contributed by atoms with E-state index in [0.717, 1.165) is 23.7 Å². The van der Waals surface area contributed by atoms with E-state index in [9.17, 15) is 4.79 Å². The first-order valence-corrected chi connectivity index (χ1v) is 5.07. The van der Waals surface area contributed by atoms with Crippen LogP contribution in [-0.2, 0) is 0 Å². The van der Waals surface area contributed by atoms with Crippen molar-refractivity contribution in [2.45, 2.75) is 13.0 Å². The number of hydrogen-bond donors (Lipinski definition) is 2. The number of thiazole rings is 1. The van der Waals surface area contributed by atoms with Gasteiger partial charge in [-0.25, -0.2) is 4.98 Å². The van der Waals surface area contributed by atoms with Gasteiger partial charge in [0.1, 0.15) is 4.88 Å². The van der Waals surface area contributed by atoms with E-state index in [2.05, 4.69) is 15.6 Å². The first kappa shape index (κ1) is 8.65. The summed E-state index contributed by atoms with van der Waals surface area (Å²) in [6.07, 6.45) is 0. The summed E-state index contributed by atoms with van der Waals surface area (Å²) in [5, 5.41) is 6.03. The molecule has 1 aliphatic heterocycles. The molecular weight excluding hydrogens is 186 g/mol. The Kier molecular flexibility index (Phi) is 2.28. The molecule has 1 aliphatic rings. The molecule has 0 atom stereocenters. The largest absolute Gasteiger partial charge is 0.346 e. The number of carbonyl (C=O) groups excluding carboxylic acids is 1. The highest BCUT2D eigenvalue weighted by atomic mass is 32.1. The molecule has 0 aliphatic carbocycles. The lowest BCUT2D eigenvalue weighted by Crippen LogP contribution is -2.56. The van der Waals surface area contributed by atoms with Crippen LogP contribution in [0, 0.1) is 6.92 Å². The third kappa shape index (κ3) is 1.71. The third-order valence-electron chi connectivity index (χ3n) is 2.07. The Morgan fingerprint density at radius 2 is 2.54 bits per heavy atom. The van der Waals surface area contributed by atoms with Crippen molar-refractivity contribution in [3.63, 3.8) is 0 Å². The molecule has 0 aromatic carbocycles. The Morgan fingerprint density at radius 1 is 1.77 bits per heavy atom. The highest BCUT2D eigenvalue weighted by Crippen LogP contribution is 2.11. The first-order valence-electron chi connectivity index (χ1n) is 4.19. The number of aryl methyl sites for hydroxylation is 1. The molecule has 1 aromatic rings. The molecule has 2 N–H and O–H groups in total. The first-order chi connectivity index (χ1) is 6.27. The van der Waals surface area contributed by atoms with Gasteiger partial charge in [-0.1, -0.05) is 0 Å². The monoisotopic (exact) mass is 197 g/mol. The van der Waals surface area contributed by atoms with Crippen LogP contribution in [0.2, 0.25) is 0 Å². The molecule has 70 valence electrons. The van der Waals surface area contributed by atoms with Crippen LogP contribution in [0.1, 0.15) is 15.4 Å². The maximum atomic E-state index is 11.6. The highest BCUT2D eigenvalue weighted by molar-refractivity contribution is 7.11. The Hall–Kier alpha value is -0.940. The summed E-state index contributed by atoms with van der Waals surface area (Å²) in [6, 6.07) is 0.300. The topological polar surface area (TPSA) is 54.0 Å². The van der Waals surface area contributed by atoms with E-state index in [-0.39, 0.29) is 5.91 Å². The molecular formula is C8H11N3OS. The molecule has 1 fully saturated rings. The molecule has 0 bridgehead atoms. The molecule has 0 unspecified atom stereocenters. The van der Waals surface area contributed by atoms with Crippen molar-refractivity contribution in [2.75, 3.05) is 13.1 Å². The number of nitrogens with zero attached hydrogens (tertiary/aromatic N) is 1. The average molecular weight is 197 g/mol. The SMILES string of the molecule is Cc1ncsc1C(=O)NC1CNC1. The van der Waals surface area contributed by atoms with Gasteiger partial charge in [0.2, 0.25) is 0 Å². The quantitative estimate of drug-likeness (QED) is 0.709. The molecule has 4 nitrogen and oxygen atoms in total. The maximum Gasteiger partial charge on any atom is 0.263 e. The maximum absolute atomic E-state index is 11.6.